The van der Waals surface area contributed by atoms with Crippen LogP contribution in [0.3, 0.4) is 0 Å². The molecule has 0 unspecified atom stereocenters. The molecule has 2 N–H and O–H groups in total. The number of hydrogen-bond acceptors (Lipinski definition) is 2. The summed E-state index contributed by atoms with van der Waals surface area (Å²) in [6, 6.07) is 6.52. The van der Waals surface area contributed by atoms with E-state index in [1.165, 1.54) is 38.5 Å². The maximum Gasteiger partial charge on any atom is 0.0791 e. The van der Waals surface area contributed by atoms with Gasteiger partial charge in [-0.05, 0) is 43.7 Å². The van der Waals surface area contributed by atoms with E-state index in [0.717, 1.165) is 28.9 Å². The molecule has 0 spiro atoms. The number of nitrogen functional groups attached to an aromatic ring is 1. The summed E-state index contributed by atoms with van der Waals surface area (Å²) in [6.07, 6.45) is 8.08. The fraction of sp³-hybridized carbons (Fsp3) is 0.600. The first kappa shape index (κ1) is 12.2. The average molecular weight is 265 g/mol. The van der Waals surface area contributed by atoms with Crippen molar-refractivity contribution in [3.05, 3.63) is 23.2 Å². The lowest BCUT2D eigenvalue weighted by Gasteiger charge is -2.46. The van der Waals surface area contributed by atoms with Crippen LogP contribution in [0.5, 0.6) is 0 Å². The highest BCUT2D eigenvalue weighted by atomic mass is 35.5. The van der Waals surface area contributed by atoms with Gasteiger partial charge in [-0.3, -0.25) is 0 Å². The van der Waals surface area contributed by atoms with Gasteiger partial charge in [0.25, 0.3) is 0 Å². The largest absolute Gasteiger partial charge is 0.397 e. The fourth-order valence-corrected chi connectivity index (χ4v) is 4.03. The molecule has 1 heterocycles. The first-order chi connectivity index (χ1) is 8.77. The van der Waals surface area contributed by atoms with Crippen molar-refractivity contribution in [3.63, 3.8) is 0 Å². The third-order valence-corrected chi connectivity index (χ3v) is 4.85. The lowest BCUT2D eigenvalue weighted by atomic mass is 9.78. The minimum Gasteiger partial charge on any atom is -0.397 e. The number of halogens is 1. The number of nitrogens with zero attached hydrogens (tertiary/aromatic N) is 1. The van der Waals surface area contributed by atoms with Crippen LogP contribution in [-0.2, 0) is 0 Å². The SMILES string of the molecule is Nc1cccc(Cl)c1N1CCC[C@H]2CCCC[C@H]21. The van der Waals surface area contributed by atoms with E-state index in [1.807, 2.05) is 18.2 Å². The molecule has 2 atom stereocenters. The molecule has 3 heteroatoms. The van der Waals surface area contributed by atoms with Crippen LogP contribution < -0.4 is 10.6 Å². The summed E-state index contributed by atoms with van der Waals surface area (Å²) in [4.78, 5) is 2.49. The maximum absolute atomic E-state index is 6.37. The summed E-state index contributed by atoms with van der Waals surface area (Å²) in [5, 5.41) is 0.807. The highest BCUT2D eigenvalue weighted by Crippen LogP contribution is 2.42. The highest BCUT2D eigenvalue weighted by molar-refractivity contribution is 6.34. The third kappa shape index (κ3) is 2.07. The quantitative estimate of drug-likeness (QED) is 0.775. The minimum absolute atomic E-state index is 0.662. The highest BCUT2D eigenvalue weighted by Gasteiger charge is 2.34. The second-order valence-corrected chi connectivity index (χ2v) is 6.03. The minimum atomic E-state index is 0.662. The molecule has 2 aliphatic rings. The smallest absolute Gasteiger partial charge is 0.0791 e. The predicted molar refractivity (Wildman–Crippen MR) is 78.2 cm³/mol. The van der Waals surface area contributed by atoms with Crippen molar-refractivity contribution in [2.75, 3.05) is 17.2 Å². The Morgan fingerprint density at radius 2 is 1.89 bits per heavy atom. The number of piperidine rings is 1. The number of nitrogens with two attached hydrogens (primary N) is 1. The standard InChI is InChI=1S/C15H21ClN2/c16-12-7-3-8-13(17)15(12)18-10-4-6-11-5-1-2-9-14(11)18/h3,7-8,11,14H,1-2,4-6,9-10,17H2/t11-,14-/m1/s1. The molecule has 1 saturated heterocycles. The molecule has 2 fully saturated rings. The van der Waals surface area contributed by atoms with Crippen molar-refractivity contribution in [2.24, 2.45) is 5.92 Å². The summed E-state index contributed by atoms with van der Waals surface area (Å²) in [5.41, 5.74) is 8.05. The molecular formula is C15H21ClN2. The van der Waals surface area contributed by atoms with Gasteiger partial charge in [0.15, 0.2) is 0 Å². The number of para-hydroxylation sites is 1. The maximum atomic E-state index is 6.37. The number of benzene rings is 1. The lowest BCUT2D eigenvalue weighted by molar-refractivity contribution is 0.244. The molecule has 0 radical (unpaired) electrons. The van der Waals surface area contributed by atoms with Crippen LogP contribution in [0.1, 0.15) is 38.5 Å². The first-order valence-corrected chi connectivity index (χ1v) is 7.46. The number of hydrogen-bond donors (Lipinski definition) is 1. The summed E-state index contributed by atoms with van der Waals surface area (Å²) >= 11 is 6.37. The van der Waals surface area contributed by atoms with Crippen LogP contribution >= 0.6 is 11.6 Å². The van der Waals surface area contributed by atoms with Gasteiger partial charge in [-0.15, -0.1) is 0 Å². The van der Waals surface area contributed by atoms with Crippen molar-refractivity contribution >= 4 is 23.0 Å². The van der Waals surface area contributed by atoms with Crippen LogP contribution in [-0.4, -0.2) is 12.6 Å². The van der Waals surface area contributed by atoms with Crippen LogP contribution in [0.2, 0.25) is 5.02 Å². The number of anilines is 2. The summed E-state index contributed by atoms with van der Waals surface area (Å²) < 4.78 is 0. The molecule has 1 saturated carbocycles. The van der Waals surface area contributed by atoms with E-state index in [1.54, 1.807) is 0 Å². The van der Waals surface area contributed by atoms with Gasteiger partial charge >= 0.3 is 0 Å². The second kappa shape index (κ2) is 5.00. The molecule has 0 aromatic heterocycles. The predicted octanol–water partition coefficient (Wildman–Crippen LogP) is 4.08. The molecule has 0 amide bonds. The van der Waals surface area contributed by atoms with E-state index in [9.17, 15) is 0 Å². The van der Waals surface area contributed by atoms with Gasteiger partial charge in [-0.25, -0.2) is 0 Å². The van der Waals surface area contributed by atoms with Crippen molar-refractivity contribution in [3.8, 4) is 0 Å². The molecule has 1 aromatic rings. The van der Waals surface area contributed by atoms with E-state index in [-0.39, 0.29) is 0 Å². The van der Waals surface area contributed by atoms with E-state index in [0.29, 0.717) is 6.04 Å². The van der Waals surface area contributed by atoms with Crippen molar-refractivity contribution < 1.29 is 0 Å². The van der Waals surface area contributed by atoms with Gasteiger partial charge in [-0.1, -0.05) is 30.5 Å². The molecule has 98 valence electrons. The van der Waals surface area contributed by atoms with E-state index < -0.39 is 0 Å². The normalized spacial score (nSPS) is 27.9. The zero-order valence-electron chi connectivity index (χ0n) is 10.7. The summed E-state index contributed by atoms with van der Waals surface area (Å²) in [6.45, 7) is 1.11. The zero-order valence-corrected chi connectivity index (χ0v) is 11.5. The summed E-state index contributed by atoms with van der Waals surface area (Å²) in [5.74, 6) is 0.850. The monoisotopic (exact) mass is 264 g/mol. The average Bonchev–Trinajstić information content (AvgIpc) is 2.39. The Kier molecular flexibility index (Phi) is 3.38. The molecule has 3 rings (SSSR count). The van der Waals surface area contributed by atoms with Crippen LogP contribution in [0.15, 0.2) is 18.2 Å². The summed E-state index contributed by atoms with van der Waals surface area (Å²) in [7, 11) is 0. The Hall–Kier alpha value is -0.890. The Labute approximate surface area is 114 Å². The lowest BCUT2D eigenvalue weighted by Crippen LogP contribution is -2.47. The van der Waals surface area contributed by atoms with E-state index in [2.05, 4.69) is 4.90 Å². The van der Waals surface area contributed by atoms with Gasteiger partial charge in [0, 0.05) is 12.6 Å². The molecule has 0 bridgehead atoms. The van der Waals surface area contributed by atoms with Crippen LogP contribution in [0.4, 0.5) is 11.4 Å². The fourth-order valence-electron chi connectivity index (χ4n) is 3.74. The van der Waals surface area contributed by atoms with Crippen molar-refractivity contribution in [1.82, 2.24) is 0 Å². The Morgan fingerprint density at radius 1 is 1.11 bits per heavy atom. The second-order valence-electron chi connectivity index (χ2n) is 5.63. The molecule has 1 aromatic carbocycles. The molecule has 18 heavy (non-hydrogen) atoms. The van der Waals surface area contributed by atoms with Gasteiger partial charge in [-0.2, -0.15) is 0 Å². The van der Waals surface area contributed by atoms with E-state index >= 15 is 0 Å². The van der Waals surface area contributed by atoms with Crippen molar-refractivity contribution in [2.45, 2.75) is 44.6 Å². The number of rotatable bonds is 1. The van der Waals surface area contributed by atoms with Gasteiger partial charge in [0.1, 0.15) is 0 Å². The Morgan fingerprint density at radius 3 is 2.72 bits per heavy atom. The van der Waals surface area contributed by atoms with Gasteiger partial charge in [0.05, 0.1) is 16.4 Å². The topological polar surface area (TPSA) is 29.3 Å². The number of fused-ring (bicyclic) bond motifs is 1. The third-order valence-electron chi connectivity index (χ3n) is 4.55. The molecule has 1 aliphatic heterocycles. The van der Waals surface area contributed by atoms with Gasteiger partial charge < -0.3 is 10.6 Å². The Bertz CT molecular complexity index is 410. The first-order valence-electron chi connectivity index (χ1n) is 7.08. The van der Waals surface area contributed by atoms with Crippen LogP contribution in [0, 0.1) is 5.92 Å². The Balaban J connectivity index is 1.94. The molecule has 1 aliphatic carbocycles. The van der Waals surface area contributed by atoms with E-state index in [4.69, 9.17) is 17.3 Å². The van der Waals surface area contributed by atoms with Gasteiger partial charge in [0.2, 0.25) is 0 Å². The molecule has 2 nitrogen and oxygen atoms in total. The van der Waals surface area contributed by atoms with Crippen molar-refractivity contribution in [1.29, 1.82) is 0 Å². The zero-order chi connectivity index (χ0) is 12.5. The van der Waals surface area contributed by atoms with Crippen LogP contribution in [0.25, 0.3) is 0 Å². The molecular weight excluding hydrogens is 244 g/mol.